The van der Waals surface area contributed by atoms with E-state index in [0.29, 0.717) is 24.5 Å². The molecule has 9 heteroatoms. The Hall–Kier alpha value is -1.74. The summed E-state index contributed by atoms with van der Waals surface area (Å²) < 4.78 is 39.7. The van der Waals surface area contributed by atoms with E-state index in [1.807, 2.05) is 0 Å². The van der Waals surface area contributed by atoms with Crippen LogP contribution in [0.3, 0.4) is 0 Å². The van der Waals surface area contributed by atoms with E-state index in [4.69, 9.17) is 23.8 Å². The summed E-state index contributed by atoms with van der Waals surface area (Å²) in [4.78, 5) is 0.213. The van der Waals surface area contributed by atoms with Gasteiger partial charge in [-0.25, -0.2) is 12.8 Å². The maximum absolute atomic E-state index is 13.4. The van der Waals surface area contributed by atoms with Crippen LogP contribution < -0.4 is 10.6 Å². The monoisotopic (exact) mass is 415 g/mol. The number of sulfonamides is 1. The van der Waals surface area contributed by atoms with Crippen molar-refractivity contribution in [3.05, 3.63) is 53.3 Å². The standard InChI is InChI=1S/C17H19ClFN3O2S2/c1-3-22(4-2)26(23,24)14-8-5-12(6-9-14)20-17(25)21-13-7-10-15(18)16(19)11-13/h5-11H,3-4H2,1-2H3,(H2,20,21,25). The number of halogens is 2. The lowest BCUT2D eigenvalue weighted by Crippen LogP contribution is -2.30. The van der Waals surface area contributed by atoms with Gasteiger partial charge in [0.25, 0.3) is 0 Å². The third kappa shape index (κ3) is 4.91. The van der Waals surface area contributed by atoms with Gasteiger partial charge in [-0.05, 0) is 54.7 Å². The molecule has 0 spiro atoms. The van der Waals surface area contributed by atoms with E-state index in [1.54, 1.807) is 32.0 Å². The molecule has 0 aromatic heterocycles. The highest BCUT2D eigenvalue weighted by atomic mass is 35.5. The van der Waals surface area contributed by atoms with Crippen molar-refractivity contribution in [2.75, 3.05) is 23.7 Å². The minimum Gasteiger partial charge on any atom is -0.332 e. The van der Waals surface area contributed by atoms with Crippen LogP contribution in [0.25, 0.3) is 0 Å². The molecule has 0 aliphatic heterocycles. The Kier molecular flexibility index (Phi) is 6.94. The molecule has 0 bridgehead atoms. The van der Waals surface area contributed by atoms with Crippen LogP contribution in [-0.2, 0) is 10.0 Å². The second kappa shape index (κ2) is 8.77. The molecule has 2 rings (SSSR count). The number of rotatable bonds is 6. The number of nitrogens with one attached hydrogen (secondary N) is 2. The van der Waals surface area contributed by atoms with Crippen molar-refractivity contribution in [1.29, 1.82) is 0 Å². The highest BCUT2D eigenvalue weighted by Crippen LogP contribution is 2.20. The summed E-state index contributed by atoms with van der Waals surface area (Å²) >= 11 is 10.8. The predicted molar refractivity (Wildman–Crippen MR) is 108 cm³/mol. The van der Waals surface area contributed by atoms with Crippen LogP contribution in [0.5, 0.6) is 0 Å². The Morgan fingerprint density at radius 2 is 1.62 bits per heavy atom. The van der Waals surface area contributed by atoms with E-state index < -0.39 is 15.8 Å². The molecule has 5 nitrogen and oxygen atoms in total. The summed E-state index contributed by atoms with van der Waals surface area (Å²) in [6.07, 6.45) is 0. The van der Waals surface area contributed by atoms with Gasteiger partial charge in [-0.3, -0.25) is 0 Å². The Bertz CT molecular complexity index is 885. The molecule has 140 valence electrons. The largest absolute Gasteiger partial charge is 0.332 e. The molecule has 0 unspecified atom stereocenters. The molecule has 0 amide bonds. The van der Waals surface area contributed by atoms with Crippen molar-refractivity contribution >= 4 is 50.3 Å². The van der Waals surface area contributed by atoms with Gasteiger partial charge in [0.15, 0.2) is 5.11 Å². The Balaban J connectivity index is 2.06. The second-order valence-electron chi connectivity index (χ2n) is 5.32. The number of benzene rings is 2. The van der Waals surface area contributed by atoms with Gasteiger partial charge in [0.2, 0.25) is 10.0 Å². The minimum atomic E-state index is -3.50. The maximum Gasteiger partial charge on any atom is 0.243 e. The molecule has 26 heavy (non-hydrogen) atoms. The van der Waals surface area contributed by atoms with Gasteiger partial charge in [0.1, 0.15) is 5.82 Å². The van der Waals surface area contributed by atoms with Gasteiger partial charge in [-0.2, -0.15) is 4.31 Å². The zero-order valence-electron chi connectivity index (χ0n) is 14.3. The number of hydrogen-bond acceptors (Lipinski definition) is 3. The topological polar surface area (TPSA) is 61.4 Å². The Morgan fingerprint density at radius 3 is 2.15 bits per heavy atom. The van der Waals surface area contributed by atoms with E-state index in [-0.39, 0.29) is 15.0 Å². The van der Waals surface area contributed by atoms with E-state index in [0.717, 1.165) is 0 Å². The van der Waals surface area contributed by atoms with Gasteiger partial charge in [0.05, 0.1) is 9.92 Å². The van der Waals surface area contributed by atoms with Gasteiger partial charge < -0.3 is 10.6 Å². The average Bonchev–Trinajstić information content (AvgIpc) is 2.59. The van der Waals surface area contributed by atoms with Crippen LogP contribution in [-0.4, -0.2) is 30.9 Å². The first kappa shape index (κ1) is 20.6. The second-order valence-corrected chi connectivity index (χ2v) is 8.08. The number of thiocarbonyl (C=S) groups is 1. The summed E-state index contributed by atoms with van der Waals surface area (Å²) in [5, 5.41) is 6.02. The molecule has 2 N–H and O–H groups in total. The molecule has 0 aliphatic carbocycles. The van der Waals surface area contributed by atoms with Gasteiger partial charge in [0, 0.05) is 24.5 Å². The van der Waals surface area contributed by atoms with Crippen LogP contribution in [0.1, 0.15) is 13.8 Å². The summed E-state index contributed by atoms with van der Waals surface area (Å²) in [6.45, 7) is 4.40. The SMILES string of the molecule is CCN(CC)S(=O)(=O)c1ccc(NC(=S)Nc2ccc(Cl)c(F)c2)cc1. The zero-order valence-corrected chi connectivity index (χ0v) is 16.7. The van der Waals surface area contributed by atoms with Gasteiger partial charge >= 0.3 is 0 Å². The molecular weight excluding hydrogens is 397 g/mol. The molecule has 0 aliphatic rings. The molecule has 0 saturated carbocycles. The van der Waals surface area contributed by atoms with Crippen LogP contribution in [0.15, 0.2) is 47.4 Å². The van der Waals surface area contributed by atoms with Crippen molar-refractivity contribution in [2.45, 2.75) is 18.7 Å². The quantitative estimate of drug-likeness (QED) is 0.688. The number of nitrogens with zero attached hydrogens (tertiary/aromatic N) is 1. The normalized spacial score (nSPS) is 11.4. The van der Waals surface area contributed by atoms with E-state index in [2.05, 4.69) is 10.6 Å². The average molecular weight is 416 g/mol. The zero-order chi connectivity index (χ0) is 19.3. The highest BCUT2D eigenvalue weighted by molar-refractivity contribution is 7.89. The molecule has 2 aromatic carbocycles. The van der Waals surface area contributed by atoms with E-state index in [9.17, 15) is 12.8 Å². The summed E-state index contributed by atoms with van der Waals surface area (Å²) in [7, 11) is -3.50. The molecule has 0 radical (unpaired) electrons. The summed E-state index contributed by atoms with van der Waals surface area (Å²) in [5.41, 5.74) is 1.06. The lowest BCUT2D eigenvalue weighted by molar-refractivity contribution is 0.445. The maximum atomic E-state index is 13.4. The summed E-state index contributed by atoms with van der Waals surface area (Å²) in [6, 6.07) is 10.5. The van der Waals surface area contributed by atoms with Crippen molar-refractivity contribution in [3.63, 3.8) is 0 Å². The lowest BCUT2D eigenvalue weighted by atomic mass is 10.3. The molecule has 0 saturated heterocycles. The first-order valence-electron chi connectivity index (χ1n) is 7.91. The molecule has 2 aromatic rings. The lowest BCUT2D eigenvalue weighted by Gasteiger charge is -2.18. The van der Waals surface area contributed by atoms with Crippen molar-refractivity contribution in [1.82, 2.24) is 4.31 Å². The van der Waals surface area contributed by atoms with E-state index in [1.165, 1.54) is 28.6 Å². The first-order valence-corrected chi connectivity index (χ1v) is 10.1. The Morgan fingerprint density at radius 1 is 1.08 bits per heavy atom. The molecule has 0 heterocycles. The van der Waals surface area contributed by atoms with Crippen LogP contribution in [0, 0.1) is 5.82 Å². The van der Waals surface area contributed by atoms with Crippen LogP contribution >= 0.6 is 23.8 Å². The van der Waals surface area contributed by atoms with Crippen molar-refractivity contribution in [3.8, 4) is 0 Å². The fraction of sp³-hybridized carbons (Fsp3) is 0.235. The third-order valence-corrected chi connectivity index (χ3v) is 6.21. The minimum absolute atomic E-state index is 0.0272. The van der Waals surface area contributed by atoms with Crippen LogP contribution in [0.4, 0.5) is 15.8 Å². The van der Waals surface area contributed by atoms with Gasteiger partial charge in [-0.1, -0.05) is 25.4 Å². The molecule has 0 fully saturated rings. The number of hydrogen-bond donors (Lipinski definition) is 2. The first-order chi connectivity index (χ1) is 12.3. The van der Waals surface area contributed by atoms with Crippen LogP contribution in [0.2, 0.25) is 5.02 Å². The predicted octanol–water partition coefficient (Wildman–Crippen LogP) is 4.32. The number of anilines is 2. The fourth-order valence-electron chi connectivity index (χ4n) is 2.29. The smallest absolute Gasteiger partial charge is 0.243 e. The highest BCUT2D eigenvalue weighted by Gasteiger charge is 2.21. The molecule has 0 atom stereocenters. The van der Waals surface area contributed by atoms with Crippen molar-refractivity contribution in [2.24, 2.45) is 0 Å². The fourth-order valence-corrected chi connectivity index (χ4v) is 4.10. The summed E-state index contributed by atoms with van der Waals surface area (Å²) in [5.74, 6) is -0.551. The van der Waals surface area contributed by atoms with Crippen molar-refractivity contribution < 1.29 is 12.8 Å². The van der Waals surface area contributed by atoms with E-state index >= 15 is 0 Å². The molecular formula is C17H19ClFN3O2S2. The third-order valence-electron chi connectivity index (χ3n) is 3.63. The Labute approximate surface area is 163 Å². The van der Waals surface area contributed by atoms with Gasteiger partial charge in [-0.15, -0.1) is 0 Å².